The van der Waals surface area contributed by atoms with Crippen LogP contribution in [-0.4, -0.2) is 34.6 Å². The van der Waals surface area contributed by atoms with Crippen LogP contribution in [0.15, 0.2) is 23.0 Å². The van der Waals surface area contributed by atoms with Crippen LogP contribution in [0.4, 0.5) is 0 Å². The van der Waals surface area contributed by atoms with Crippen molar-refractivity contribution in [3.8, 4) is 6.07 Å². The van der Waals surface area contributed by atoms with Crippen LogP contribution in [0, 0.1) is 11.3 Å². The summed E-state index contributed by atoms with van der Waals surface area (Å²) in [6.07, 6.45) is 5.11. The van der Waals surface area contributed by atoms with Gasteiger partial charge in [-0.3, -0.25) is 14.2 Å². The van der Waals surface area contributed by atoms with E-state index in [0.29, 0.717) is 17.4 Å². The van der Waals surface area contributed by atoms with Gasteiger partial charge in [-0.1, -0.05) is 12.8 Å². The van der Waals surface area contributed by atoms with Crippen LogP contribution in [0.3, 0.4) is 0 Å². The first-order valence-electron chi connectivity index (χ1n) is 9.44. The molecule has 8 heteroatoms. The summed E-state index contributed by atoms with van der Waals surface area (Å²) in [7, 11) is 0. The lowest BCUT2D eigenvalue weighted by molar-refractivity contribution is -0.124. The molecule has 0 saturated heterocycles. The Labute approximate surface area is 162 Å². The molecule has 1 aromatic heterocycles. The van der Waals surface area contributed by atoms with Crippen molar-refractivity contribution in [2.24, 2.45) is 0 Å². The zero-order valence-electron chi connectivity index (χ0n) is 15.6. The highest BCUT2D eigenvalue weighted by molar-refractivity contribution is 5.95. The molecule has 3 rings (SSSR count). The standard InChI is InChI=1S/C20H22N4O4/c21-9-5-10-22-18(25)13-28-20(27)14-7-8-15-16(12-14)23-17-6-3-1-2-4-11-24(17)19(15)26/h7-8,12H,1-6,10-11,13H2,(H,22,25). The number of benzene rings is 1. The molecular formula is C20H22N4O4. The summed E-state index contributed by atoms with van der Waals surface area (Å²) in [5, 5.41) is 11.4. The SMILES string of the molecule is N#CCCNC(=O)COC(=O)c1ccc2c(=O)n3c(nc2c1)CCCCCC3. The number of hydrogen-bond acceptors (Lipinski definition) is 6. The van der Waals surface area contributed by atoms with Crippen molar-refractivity contribution in [3.05, 3.63) is 39.9 Å². The quantitative estimate of drug-likeness (QED) is 0.622. The Hall–Kier alpha value is -3.21. The number of amides is 1. The molecule has 0 unspecified atom stereocenters. The van der Waals surface area contributed by atoms with Gasteiger partial charge < -0.3 is 10.1 Å². The maximum absolute atomic E-state index is 12.8. The molecule has 2 heterocycles. The number of carbonyl (C=O) groups excluding carboxylic acids is 2. The Morgan fingerprint density at radius 2 is 2.07 bits per heavy atom. The maximum atomic E-state index is 12.8. The minimum absolute atomic E-state index is 0.0845. The van der Waals surface area contributed by atoms with E-state index in [1.165, 1.54) is 12.1 Å². The van der Waals surface area contributed by atoms with Crippen LogP contribution in [-0.2, 0) is 22.5 Å². The number of rotatable bonds is 5. The Balaban J connectivity index is 1.77. The molecule has 146 valence electrons. The number of hydrogen-bond donors (Lipinski definition) is 1. The number of aromatic nitrogens is 2. The summed E-state index contributed by atoms with van der Waals surface area (Å²) in [5.74, 6) is -0.382. The third kappa shape index (κ3) is 4.55. The fraction of sp³-hybridized carbons (Fsp3) is 0.450. The Kier molecular flexibility index (Phi) is 6.37. The minimum Gasteiger partial charge on any atom is -0.452 e. The molecule has 1 aromatic carbocycles. The van der Waals surface area contributed by atoms with Gasteiger partial charge in [-0.15, -0.1) is 0 Å². The normalized spacial score (nSPS) is 13.7. The number of nitrogens with zero attached hydrogens (tertiary/aromatic N) is 3. The lowest BCUT2D eigenvalue weighted by atomic mass is 10.1. The summed E-state index contributed by atoms with van der Waals surface area (Å²) in [6.45, 7) is 0.451. The van der Waals surface area contributed by atoms with Crippen LogP contribution in [0.2, 0.25) is 0 Å². The van der Waals surface area contributed by atoms with Crippen LogP contribution < -0.4 is 10.9 Å². The highest BCUT2D eigenvalue weighted by Crippen LogP contribution is 2.16. The van der Waals surface area contributed by atoms with Gasteiger partial charge in [0.15, 0.2) is 6.61 Å². The molecule has 0 radical (unpaired) electrons. The largest absolute Gasteiger partial charge is 0.452 e. The monoisotopic (exact) mass is 382 g/mol. The molecule has 0 saturated carbocycles. The molecule has 1 amide bonds. The van der Waals surface area contributed by atoms with Crippen LogP contribution in [0.1, 0.15) is 48.3 Å². The van der Waals surface area contributed by atoms with E-state index in [9.17, 15) is 14.4 Å². The van der Waals surface area contributed by atoms with Gasteiger partial charge in [0, 0.05) is 19.5 Å². The smallest absolute Gasteiger partial charge is 0.338 e. The van der Waals surface area contributed by atoms with E-state index >= 15 is 0 Å². The first kappa shape index (κ1) is 19.5. The topological polar surface area (TPSA) is 114 Å². The van der Waals surface area contributed by atoms with Crippen LogP contribution in [0.5, 0.6) is 0 Å². The first-order valence-corrected chi connectivity index (χ1v) is 9.44. The van der Waals surface area contributed by atoms with Crippen molar-refractivity contribution in [1.82, 2.24) is 14.9 Å². The Bertz CT molecular complexity index is 990. The molecule has 0 fully saturated rings. The Morgan fingerprint density at radius 1 is 1.25 bits per heavy atom. The molecule has 0 bridgehead atoms. The summed E-state index contributed by atoms with van der Waals surface area (Å²) in [4.78, 5) is 41.2. The number of carbonyl (C=O) groups is 2. The van der Waals surface area contributed by atoms with Crippen LogP contribution >= 0.6 is 0 Å². The van der Waals surface area contributed by atoms with E-state index in [0.717, 1.165) is 37.9 Å². The lowest BCUT2D eigenvalue weighted by Crippen LogP contribution is -2.29. The summed E-state index contributed by atoms with van der Waals surface area (Å²) >= 11 is 0. The molecular weight excluding hydrogens is 360 g/mol. The molecule has 1 N–H and O–H groups in total. The third-order valence-electron chi connectivity index (χ3n) is 4.70. The predicted molar refractivity (Wildman–Crippen MR) is 102 cm³/mol. The molecule has 0 aliphatic carbocycles. The fourth-order valence-electron chi connectivity index (χ4n) is 3.25. The Morgan fingerprint density at radius 3 is 2.89 bits per heavy atom. The zero-order valence-corrected chi connectivity index (χ0v) is 15.6. The highest BCUT2D eigenvalue weighted by Gasteiger charge is 2.16. The van der Waals surface area contributed by atoms with Crippen LogP contribution in [0.25, 0.3) is 10.9 Å². The fourth-order valence-corrected chi connectivity index (χ4v) is 3.25. The van der Waals surface area contributed by atoms with Gasteiger partial charge in [0.25, 0.3) is 11.5 Å². The first-order chi connectivity index (χ1) is 13.6. The van der Waals surface area contributed by atoms with E-state index in [4.69, 9.17) is 10.00 Å². The molecule has 0 spiro atoms. The van der Waals surface area contributed by atoms with Crippen molar-refractivity contribution in [2.75, 3.05) is 13.2 Å². The zero-order chi connectivity index (χ0) is 19.9. The van der Waals surface area contributed by atoms with Gasteiger partial charge in [-0.05, 0) is 31.0 Å². The minimum atomic E-state index is -0.661. The average molecular weight is 382 g/mol. The van der Waals surface area contributed by atoms with Crippen molar-refractivity contribution in [2.45, 2.75) is 45.1 Å². The van der Waals surface area contributed by atoms with E-state index in [2.05, 4.69) is 10.3 Å². The second kappa shape index (κ2) is 9.13. The maximum Gasteiger partial charge on any atom is 0.338 e. The second-order valence-corrected chi connectivity index (χ2v) is 6.72. The van der Waals surface area contributed by atoms with Gasteiger partial charge in [0.2, 0.25) is 0 Å². The number of ether oxygens (including phenoxy) is 1. The summed E-state index contributed by atoms with van der Waals surface area (Å²) in [5.41, 5.74) is 0.614. The van der Waals surface area contributed by atoms with Crippen molar-refractivity contribution in [3.63, 3.8) is 0 Å². The van der Waals surface area contributed by atoms with Crippen molar-refractivity contribution < 1.29 is 14.3 Å². The van der Waals surface area contributed by atoms with Gasteiger partial charge in [-0.25, -0.2) is 9.78 Å². The number of aryl methyl sites for hydroxylation is 1. The van der Waals surface area contributed by atoms with Gasteiger partial charge >= 0.3 is 5.97 Å². The molecule has 8 nitrogen and oxygen atoms in total. The summed E-state index contributed by atoms with van der Waals surface area (Å²) in [6, 6.07) is 6.54. The molecule has 2 aromatic rings. The second-order valence-electron chi connectivity index (χ2n) is 6.72. The highest BCUT2D eigenvalue weighted by atomic mass is 16.5. The number of nitrogens with one attached hydrogen (secondary N) is 1. The predicted octanol–water partition coefficient (Wildman–Crippen LogP) is 1.70. The third-order valence-corrected chi connectivity index (χ3v) is 4.70. The van der Waals surface area contributed by atoms with Crippen molar-refractivity contribution >= 4 is 22.8 Å². The average Bonchev–Trinajstić information content (AvgIpc) is 2.67. The molecule has 28 heavy (non-hydrogen) atoms. The van der Waals surface area contributed by atoms with E-state index in [1.54, 1.807) is 10.6 Å². The molecule has 1 aliphatic heterocycles. The summed E-state index contributed by atoms with van der Waals surface area (Å²) < 4.78 is 6.75. The van der Waals surface area contributed by atoms with E-state index < -0.39 is 18.5 Å². The number of nitriles is 1. The molecule has 0 atom stereocenters. The molecule has 1 aliphatic rings. The number of fused-ring (bicyclic) bond motifs is 2. The van der Waals surface area contributed by atoms with Gasteiger partial charge in [0.05, 0.1) is 29.0 Å². The van der Waals surface area contributed by atoms with Gasteiger partial charge in [0.1, 0.15) is 5.82 Å². The van der Waals surface area contributed by atoms with E-state index in [1.807, 2.05) is 6.07 Å². The van der Waals surface area contributed by atoms with E-state index in [-0.39, 0.29) is 24.1 Å². The van der Waals surface area contributed by atoms with Crippen molar-refractivity contribution in [1.29, 1.82) is 5.26 Å². The number of esters is 1. The van der Waals surface area contributed by atoms with Gasteiger partial charge in [-0.2, -0.15) is 5.26 Å². The lowest BCUT2D eigenvalue weighted by Gasteiger charge is -2.16.